The van der Waals surface area contributed by atoms with E-state index in [4.69, 9.17) is 9.72 Å². The highest BCUT2D eigenvalue weighted by molar-refractivity contribution is 5.91. The van der Waals surface area contributed by atoms with Gasteiger partial charge in [-0.05, 0) is 67.4 Å². The van der Waals surface area contributed by atoms with Crippen LogP contribution < -0.4 is 16.0 Å². The van der Waals surface area contributed by atoms with E-state index in [0.29, 0.717) is 38.6 Å². The van der Waals surface area contributed by atoms with Crippen molar-refractivity contribution in [3.05, 3.63) is 76.8 Å². The van der Waals surface area contributed by atoms with Crippen molar-refractivity contribution in [2.45, 2.75) is 37.6 Å². The van der Waals surface area contributed by atoms with Crippen molar-refractivity contribution in [3.8, 4) is 0 Å². The van der Waals surface area contributed by atoms with Gasteiger partial charge in [0.05, 0.1) is 18.4 Å². The van der Waals surface area contributed by atoms with Gasteiger partial charge < -0.3 is 25.6 Å². The lowest BCUT2D eigenvalue weighted by atomic mass is 9.92. The van der Waals surface area contributed by atoms with E-state index in [1.54, 1.807) is 7.11 Å². The van der Waals surface area contributed by atoms with Crippen LogP contribution in [0.3, 0.4) is 0 Å². The number of dihydropyridines is 1. The number of piperidine rings is 1. The zero-order valence-corrected chi connectivity index (χ0v) is 24.3. The van der Waals surface area contributed by atoms with E-state index in [1.807, 2.05) is 17.0 Å². The first kappa shape index (κ1) is 29.3. The van der Waals surface area contributed by atoms with Crippen molar-refractivity contribution in [1.82, 2.24) is 25.0 Å². The summed E-state index contributed by atoms with van der Waals surface area (Å²) in [5.41, 5.74) is 3.43. The standard InChI is InChI=1S/C31H38F3N7O2/c1-43-27-9-4-22(18-35-27)20-39-12-10-23(11-13-39)25-7-8-26-28(36-25)38-29(37-26)30(42)41-16-14-40(15-17-41)19-21-2-5-24(6-3-21)31(32,33)34/h2-9,23,29,35,37H,10-20H2,1H3,(H,36,38). The molecule has 0 aliphatic carbocycles. The van der Waals surface area contributed by atoms with Crippen molar-refractivity contribution >= 4 is 17.4 Å². The molecule has 230 valence electrons. The number of anilines is 2. The van der Waals surface area contributed by atoms with Gasteiger partial charge in [-0.3, -0.25) is 14.6 Å². The van der Waals surface area contributed by atoms with Crippen molar-refractivity contribution in [2.75, 3.05) is 70.1 Å². The monoisotopic (exact) mass is 597 g/mol. The Labute approximate surface area is 249 Å². The van der Waals surface area contributed by atoms with Crippen LogP contribution in [0.2, 0.25) is 0 Å². The predicted octanol–water partition coefficient (Wildman–Crippen LogP) is 3.81. The fourth-order valence-electron chi connectivity index (χ4n) is 6.18. The Morgan fingerprint density at radius 3 is 2.30 bits per heavy atom. The number of likely N-dealkylation sites (tertiary alicyclic amines) is 1. The molecular weight excluding hydrogens is 559 g/mol. The highest BCUT2D eigenvalue weighted by Crippen LogP contribution is 2.34. The predicted molar refractivity (Wildman–Crippen MR) is 158 cm³/mol. The topological polar surface area (TPSA) is 85.0 Å². The molecule has 2 aromatic rings. The minimum Gasteiger partial charge on any atom is -0.483 e. The summed E-state index contributed by atoms with van der Waals surface area (Å²) in [7, 11) is 1.67. The van der Waals surface area contributed by atoms with E-state index >= 15 is 0 Å². The second kappa shape index (κ2) is 12.5. The number of carbonyl (C=O) groups excluding carboxylic acids is 1. The zero-order valence-electron chi connectivity index (χ0n) is 24.3. The van der Waals surface area contributed by atoms with Gasteiger partial charge in [0.2, 0.25) is 0 Å². The van der Waals surface area contributed by atoms with Gasteiger partial charge in [-0.25, -0.2) is 4.98 Å². The lowest BCUT2D eigenvalue weighted by Gasteiger charge is -2.36. The van der Waals surface area contributed by atoms with Crippen LogP contribution in [0.4, 0.5) is 24.7 Å². The van der Waals surface area contributed by atoms with Crippen molar-refractivity contribution in [1.29, 1.82) is 0 Å². The molecule has 6 rings (SSSR count). The maximum atomic E-state index is 13.3. The second-order valence-electron chi connectivity index (χ2n) is 11.6. The van der Waals surface area contributed by atoms with Gasteiger partial charge in [0, 0.05) is 57.4 Å². The molecule has 1 unspecified atom stereocenters. The molecule has 5 heterocycles. The normalized spacial score (nSPS) is 21.7. The molecule has 43 heavy (non-hydrogen) atoms. The lowest BCUT2D eigenvalue weighted by Crippen LogP contribution is -2.53. The molecule has 0 radical (unpaired) electrons. The van der Waals surface area contributed by atoms with Crippen LogP contribution in [-0.2, 0) is 22.3 Å². The summed E-state index contributed by atoms with van der Waals surface area (Å²) in [4.78, 5) is 24.7. The van der Waals surface area contributed by atoms with Gasteiger partial charge in [0.15, 0.2) is 17.9 Å². The van der Waals surface area contributed by atoms with Crippen LogP contribution in [0, 0.1) is 0 Å². The third-order valence-electron chi connectivity index (χ3n) is 8.73. The van der Waals surface area contributed by atoms with Crippen LogP contribution in [0.5, 0.6) is 0 Å². The Morgan fingerprint density at radius 2 is 1.65 bits per heavy atom. The van der Waals surface area contributed by atoms with Crippen molar-refractivity contribution < 1.29 is 22.7 Å². The maximum Gasteiger partial charge on any atom is 0.416 e. The maximum absolute atomic E-state index is 13.3. The number of alkyl halides is 3. The summed E-state index contributed by atoms with van der Waals surface area (Å²) < 4.78 is 43.8. The lowest BCUT2D eigenvalue weighted by molar-refractivity contribution is -0.137. The molecule has 12 heteroatoms. The van der Waals surface area contributed by atoms with E-state index in [1.165, 1.54) is 17.7 Å². The number of nitrogens with one attached hydrogen (secondary N) is 3. The number of carbonyl (C=O) groups is 1. The summed E-state index contributed by atoms with van der Waals surface area (Å²) in [5, 5.41) is 9.86. The number of nitrogens with zero attached hydrogens (tertiary/aromatic N) is 4. The summed E-state index contributed by atoms with van der Waals surface area (Å²) >= 11 is 0. The van der Waals surface area contributed by atoms with E-state index in [9.17, 15) is 18.0 Å². The van der Waals surface area contributed by atoms with Gasteiger partial charge in [0.25, 0.3) is 5.91 Å². The van der Waals surface area contributed by atoms with Crippen LogP contribution in [0.1, 0.15) is 35.6 Å². The zero-order chi connectivity index (χ0) is 30.0. The molecule has 1 aromatic carbocycles. The number of benzene rings is 1. The Balaban J connectivity index is 0.962. The number of methoxy groups -OCH3 is 1. The van der Waals surface area contributed by atoms with Gasteiger partial charge in [0.1, 0.15) is 0 Å². The molecule has 1 atom stereocenters. The second-order valence-corrected chi connectivity index (χ2v) is 11.6. The largest absolute Gasteiger partial charge is 0.483 e. The molecule has 1 aromatic heterocycles. The molecule has 4 aliphatic rings. The molecule has 4 aliphatic heterocycles. The highest BCUT2D eigenvalue weighted by atomic mass is 19.4. The number of amides is 1. The molecule has 0 spiro atoms. The van der Waals surface area contributed by atoms with Crippen LogP contribution in [0.25, 0.3) is 0 Å². The number of piperazine rings is 1. The smallest absolute Gasteiger partial charge is 0.416 e. The van der Waals surface area contributed by atoms with Crippen LogP contribution in [0.15, 0.2) is 60.0 Å². The van der Waals surface area contributed by atoms with E-state index in [0.717, 1.165) is 79.8 Å². The molecule has 2 fully saturated rings. The Bertz CT molecular complexity index is 1360. The number of rotatable bonds is 7. The number of ether oxygens (including phenoxy) is 1. The average Bonchev–Trinajstić information content (AvgIpc) is 3.45. The summed E-state index contributed by atoms with van der Waals surface area (Å²) in [5.74, 6) is 1.88. The first-order chi connectivity index (χ1) is 20.7. The van der Waals surface area contributed by atoms with Gasteiger partial charge in [-0.2, -0.15) is 13.2 Å². The molecule has 2 saturated heterocycles. The van der Waals surface area contributed by atoms with Crippen molar-refractivity contribution in [3.63, 3.8) is 0 Å². The summed E-state index contributed by atoms with van der Waals surface area (Å²) in [6, 6.07) is 9.39. The van der Waals surface area contributed by atoms with Crippen LogP contribution in [-0.4, -0.2) is 91.2 Å². The fraction of sp³-hybridized carbons (Fsp3) is 0.484. The van der Waals surface area contributed by atoms with E-state index in [-0.39, 0.29) is 5.91 Å². The van der Waals surface area contributed by atoms with E-state index in [2.05, 4.69) is 37.9 Å². The number of pyridine rings is 1. The van der Waals surface area contributed by atoms with Crippen molar-refractivity contribution in [2.24, 2.45) is 0 Å². The molecule has 1 amide bonds. The molecule has 0 bridgehead atoms. The SMILES string of the molecule is COC1=CC=C(CN2CCC(c3ccc4c(n3)NC(C(=O)N3CCN(Cc5ccc(C(F)(F)F)cc5)CC3)N4)CC2)CN1. The minimum absolute atomic E-state index is 0.0268. The quantitative estimate of drug-likeness (QED) is 0.445. The van der Waals surface area contributed by atoms with Gasteiger partial charge in [-0.15, -0.1) is 0 Å². The Kier molecular flexibility index (Phi) is 8.49. The number of aromatic nitrogens is 1. The third kappa shape index (κ3) is 6.91. The Morgan fingerprint density at radius 1 is 0.930 bits per heavy atom. The van der Waals surface area contributed by atoms with Crippen LogP contribution >= 0.6 is 0 Å². The molecular formula is C31H38F3N7O2. The first-order valence-electron chi connectivity index (χ1n) is 14.9. The number of allylic oxidation sites excluding steroid dienone is 2. The molecule has 9 nitrogen and oxygen atoms in total. The summed E-state index contributed by atoms with van der Waals surface area (Å²) in [6.07, 6.45) is 1.30. The number of halogens is 3. The minimum atomic E-state index is -4.33. The van der Waals surface area contributed by atoms with E-state index < -0.39 is 17.9 Å². The number of hydrogen-bond acceptors (Lipinski definition) is 8. The Hall–Kier alpha value is -3.77. The average molecular weight is 598 g/mol. The molecule has 3 N–H and O–H groups in total. The third-order valence-corrected chi connectivity index (χ3v) is 8.73. The highest BCUT2D eigenvalue weighted by Gasteiger charge is 2.34. The fourth-order valence-corrected chi connectivity index (χ4v) is 6.18. The van der Waals surface area contributed by atoms with Gasteiger partial charge >= 0.3 is 6.18 Å². The summed E-state index contributed by atoms with van der Waals surface area (Å²) in [6.45, 7) is 6.77. The molecule has 0 saturated carbocycles. The van der Waals surface area contributed by atoms with Gasteiger partial charge in [-0.1, -0.05) is 18.2 Å². The first-order valence-corrected chi connectivity index (χ1v) is 14.9. The number of fused-ring (bicyclic) bond motifs is 1. The number of hydrogen-bond donors (Lipinski definition) is 3.